The molecule has 1 spiro atoms. The first-order chi connectivity index (χ1) is 6.82. The SMILES string of the molecule is O=C1CC[C@@H]2CCCC3(OCCO3)[C@@H]12. The summed E-state index contributed by atoms with van der Waals surface area (Å²) in [5.41, 5.74) is 0. The maximum atomic E-state index is 11.8. The van der Waals surface area contributed by atoms with Gasteiger partial charge >= 0.3 is 0 Å². The predicted octanol–water partition coefficient (Wildman–Crippen LogP) is 1.51. The lowest BCUT2D eigenvalue weighted by molar-refractivity contribution is -0.217. The van der Waals surface area contributed by atoms with Crippen molar-refractivity contribution in [1.29, 1.82) is 0 Å². The maximum Gasteiger partial charge on any atom is 0.178 e. The first kappa shape index (κ1) is 8.86. The molecule has 0 aromatic rings. The van der Waals surface area contributed by atoms with E-state index in [1.807, 2.05) is 0 Å². The highest BCUT2D eigenvalue weighted by molar-refractivity contribution is 5.84. The second kappa shape index (κ2) is 3.04. The summed E-state index contributed by atoms with van der Waals surface area (Å²) >= 11 is 0. The van der Waals surface area contributed by atoms with Gasteiger partial charge < -0.3 is 9.47 Å². The first-order valence-corrected chi connectivity index (χ1v) is 5.62. The maximum absolute atomic E-state index is 11.8. The summed E-state index contributed by atoms with van der Waals surface area (Å²) in [6, 6.07) is 0. The van der Waals surface area contributed by atoms with Gasteiger partial charge in [-0.2, -0.15) is 0 Å². The number of carbonyl (C=O) groups is 1. The van der Waals surface area contributed by atoms with E-state index in [4.69, 9.17) is 9.47 Å². The van der Waals surface area contributed by atoms with Gasteiger partial charge in [-0.15, -0.1) is 0 Å². The number of ether oxygens (including phenoxy) is 2. The summed E-state index contributed by atoms with van der Waals surface area (Å²) in [4.78, 5) is 11.8. The smallest absolute Gasteiger partial charge is 0.178 e. The fourth-order valence-electron chi connectivity index (χ4n) is 3.39. The van der Waals surface area contributed by atoms with Gasteiger partial charge in [0.15, 0.2) is 5.79 Å². The van der Waals surface area contributed by atoms with Crippen LogP contribution in [0.5, 0.6) is 0 Å². The van der Waals surface area contributed by atoms with E-state index >= 15 is 0 Å². The standard InChI is InChI=1S/C11H16O3/c12-9-4-3-8-2-1-5-11(10(8)9)13-6-7-14-11/h8,10H,1-7H2/t8-,10+/m0/s1. The van der Waals surface area contributed by atoms with E-state index in [0.29, 0.717) is 24.9 Å². The van der Waals surface area contributed by atoms with E-state index in [1.54, 1.807) is 0 Å². The van der Waals surface area contributed by atoms with Crippen molar-refractivity contribution < 1.29 is 14.3 Å². The largest absolute Gasteiger partial charge is 0.347 e. The van der Waals surface area contributed by atoms with Crippen molar-refractivity contribution in [3.8, 4) is 0 Å². The van der Waals surface area contributed by atoms with E-state index in [2.05, 4.69) is 0 Å². The highest BCUT2D eigenvalue weighted by Crippen LogP contribution is 2.49. The van der Waals surface area contributed by atoms with Crippen molar-refractivity contribution in [2.75, 3.05) is 13.2 Å². The second-order valence-electron chi connectivity index (χ2n) is 4.64. The molecular formula is C11H16O3. The zero-order valence-electron chi connectivity index (χ0n) is 8.33. The van der Waals surface area contributed by atoms with Crippen LogP contribution in [0.4, 0.5) is 0 Å². The van der Waals surface area contributed by atoms with Gasteiger partial charge in [-0.1, -0.05) is 0 Å². The topological polar surface area (TPSA) is 35.5 Å². The summed E-state index contributed by atoms with van der Waals surface area (Å²) in [5, 5.41) is 0. The fourth-order valence-corrected chi connectivity index (χ4v) is 3.39. The van der Waals surface area contributed by atoms with Gasteiger partial charge in [0, 0.05) is 12.8 Å². The van der Waals surface area contributed by atoms with Crippen molar-refractivity contribution in [2.45, 2.75) is 37.9 Å². The molecule has 2 aliphatic carbocycles. The molecule has 0 unspecified atom stereocenters. The highest BCUT2D eigenvalue weighted by atomic mass is 16.7. The average molecular weight is 196 g/mol. The molecule has 1 aliphatic heterocycles. The molecule has 78 valence electrons. The summed E-state index contributed by atoms with van der Waals surface area (Å²) in [5.74, 6) is 0.459. The normalized spacial score (nSPS) is 40.4. The Kier molecular flexibility index (Phi) is 1.92. The van der Waals surface area contributed by atoms with E-state index in [1.165, 1.54) is 6.42 Å². The van der Waals surface area contributed by atoms with Crippen molar-refractivity contribution >= 4 is 5.78 Å². The molecule has 0 bridgehead atoms. The number of hydrogen-bond donors (Lipinski definition) is 0. The van der Waals surface area contributed by atoms with Crippen LogP contribution in [0.15, 0.2) is 0 Å². The third-order valence-electron chi connectivity index (χ3n) is 3.93. The number of hydrogen-bond acceptors (Lipinski definition) is 3. The van der Waals surface area contributed by atoms with Crippen LogP contribution in [0.1, 0.15) is 32.1 Å². The molecule has 3 heteroatoms. The zero-order chi connectivity index (χ0) is 9.60. The number of carbonyl (C=O) groups excluding carboxylic acids is 1. The molecular weight excluding hydrogens is 180 g/mol. The van der Waals surface area contributed by atoms with E-state index < -0.39 is 5.79 Å². The molecule has 2 saturated carbocycles. The highest BCUT2D eigenvalue weighted by Gasteiger charge is 2.55. The second-order valence-corrected chi connectivity index (χ2v) is 4.64. The lowest BCUT2D eigenvalue weighted by atomic mass is 9.76. The molecule has 1 heterocycles. The monoisotopic (exact) mass is 196 g/mol. The summed E-state index contributed by atoms with van der Waals surface area (Å²) in [7, 11) is 0. The molecule has 2 atom stereocenters. The van der Waals surface area contributed by atoms with Crippen molar-refractivity contribution in [3.63, 3.8) is 0 Å². The van der Waals surface area contributed by atoms with E-state index in [0.717, 1.165) is 25.7 Å². The Morgan fingerprint density at radius 2 is 2.00 bits per heavy atom. The third-order valence-corrected chi connectivity index (χ3v) is 3.93. The van der Waals surface area contributed by atoms with Gasteiger partial charge in [0.05, 0.1) is 19.1 Å². The van der Waals surface area contributed by atoms with Crippen LogP contribution >= 0.6 is 0 Å². The first-order valence-electron chi connectivity index (χ1n) is 5.62. The molecule has 0 amide bonds. The van der Waals surface area contributed by atoms with Gasteiger partial charge in [0.2, 0.25) is 0 Å². The Labute approximate surface area is 83.8 Å². The van der Waals surface area contributed by atoms with Gasteiger partial charge in [0.1, 0.15) is 5.78 Å². The van der Waals surface area contributed by atoms with Crippen molar-refractivity contribution in [3.05, 3.63) is 0 Å². The van der Waals surface area contributed by atoms with Crippen LogP contribution in [-0.4, -0.2) is 24.8 Å². The minimum Gasteiger partial charge on any atom is -0.347 e. The Morgan fingerprint density at radius 1 is 1.21 bits per heavy atom. The van der Waals surface area contributed by atoms with E-state index in [9.17, 15) is 4.79 Å². The molecule has 0 radical (unpaired) electrons. The van der Waals surface area contributed by atoms with Crippen molar-refractivity contribution in [2.24, 2.45) is 11.8 Å². The summed E-state index contributed by atoms with van der Waals surface area (Å²) in [6.07, 6.45) is 5.04. The molecule has 14 heavy (non-hydrogen) atoms. The number of ketones is 1. The number of fused-ring (bicyclic) bond motifs is 2. The Bertz CT molecular complexity index is 255. The molecule has 1 saturated heterocycles. The quantitative estimate of drug-likeness (QED) is 0.589. The third kappa shape index (κ3) is 1.09. The zero-order valence-corrected chi connectivity index (χ0v) is 8.33. The van der Waals surface area contributed by atoms with Crippen LogP contribution in [0.25, 0.3) is 0 Å². The number of rotatable bonds is 0. The minimum absolute atomic E-state index is 0.0544. The minimum atomic E-state index is -0.503. The Hall–Kier alpha value is -0.410. The Morgan fingerprint density at radius 3 is 2.79 bits per heavy atom. The Balaban J connectivity index is 1.92. The lowest BCUT2D eigenvalue weighted by Crippen LogP contribution is -2.47. The summed E-state index contributed by atoms with van der Waals surface area (Å²) < 4.78 is 11.4. The molecule has 3 fully saturated rings. The fraction of sp³-hybridized carbons (Fsp3) is 0.909. The molecule has 3 nitrogen and oxygen atoms in total. The molecule has 0 aromatic heterocycles. The van der Waals surface area contributed by atoms with Crippen LogP contribution in [-0.2, 0) is 14.3 Å². The molecule has 0 aromatic carbocycles. The lowest BCUT2D eigenvalue weighted by Gasteiger charge is -2.39. The van der Waals surface area contributed by atoms with E-state index in [-0.39, 0.29) is 5.92 Å². The van der Waals surface area contributed by atoms with Crippen molar-refractivity contribution in [1.82, 2.24) is 0 Å². The van der Waals surface area contributed by atoms with Gasteiger partial charge in [-0.05, 0) is 25.2 Å². The van der Waals surface area contributed by atoms with Gasteiger partial charge in [-0.3, -0.25) is 4.79 Å². The molecule has 0 N–H and O–H groups in total. The molecule has 3 aliphatic rings. The predicted molar refractivity (Wildman–Crippen MR) is 49.7 cm³/mol. The van der Waals surface area contributed by atoms with Gasteiger partial charge in [0.25, 0.3) is 0 Å². The van der Waals surface area contributed by atoms with Gasteiger partial charge in [-0.25, -0.2) is 0 Å². The number of Topliss-reactive ketones (excluding diaryl/α,β-unsaturated/α-hetero) is 1. The van der Waals surface area contributed by atoms with Crippen LogP contribution in [0.3, 0.4) is 0 Å². The summed E-state index contributed by atoms with van der Waals surface area (Å²) in [6.45, 7) is 1.33. The molecule has 3 rings (SSSR count). The van der Waals surface area contributed by atoms with Crippen LogP contribution in [0.2, 0.25) is 0 Å². The van der Waals surface area contributed by atoms with Crippen LogP contribution < -0.4 is 0 Å². The average Bonchev–Trinajstić information content (AvgIpc) is 2.76. The van der Waals surface area contributed by atoms with Crippen LogP contribution in [0, 0.1) is 11.8 Å².